The van der Waals surface area contributed by atoms with E-state index in [-0.39, 0.29) is 19.5 Å². The van der Waals surface area contributed by atoms with Crippen LogP contribution in [0.1, 0.15) is 0 Å². The van der Waals surface area contributed by atoms with Crippen LogP contribution in [-0.4, -0.2) is 88.4 Å². The van der Waals surface area contributed by atoms with Crippen molar-refractivity contribution in [3.8, 4) is 0 Å². The summed E-state index contributed by atoms with van der Waals surface area (Å²) in [6.07, 6.45) is -2.86. The molecule has 17 heteroatoms. The van der Waals surface area contributed by atoms with E-state index < -0.39 is 68.4 Å². The molecule has 148 valence electrons. The summed E-state index contributed by atoms with van der Waals surface area (Å²) in [5.41, 5.74) is 0. The molecular weight excluding hydrogens is 438 g/mol. The van der Waals surface area contributed by atoms with Gasteiger partial charge in [-0.15, -0.1) is 0 Å². The van der Waals surface area contributed by atoms with Gasteiger partial charge in [0.05, 0.1) is 6.67 Å². The van der Waals surface area contributed by atoms with Crippen LogP contribution in [-0.2, 0) is 29.1 Å². The van der Waals surface area contributed by atoms with E-state index in [0.29, 0.717) is 9.80 Å². The fourth-order valence-electron chi connectivity index (χ4n) is 2.14. The summed E-state index contributed by atoms with van der Waals surface area (Å²) >= 11 is 0. The van der Waals surface area contributed by atoms with Crippen LogP contribution >= 0.6 is 0 Å². The van der Waals surface area contributed by atoms with Crippen LogP contribution in [0.15, 0.2) is 0 Å². The molecule has 10 amide bonds. The maximum Gasteiger partial charge on any atom is 2.00 e. The first-order valence-corrected chi connectivity index (χ1v) is 7.32. The fourth-order valence-corrected chi connectivity index (χ4v) is 2.14. The molecule has 2 aliphatic rings. The van der Waals surface area contributed by atoms with Gasteiger partial charge in [-0.1, -0.05) is 0 Å². The van der Waals surface area contributed by atoms with E-state index >= 15 is 0 Å². The largest absolute Gasteiger partial charge is 2.00 e. The van der Waals surface area contributed by atoms with Crippen molar-refractivity contribution >= 4 is 35.9 Å². The molecule has 0 aliphatic carbocycles. The van der Waals surface area contributed by atoms with Gasteiger partial charge in [-0.05, 0) is 0 Å². The number of carbonyl (C=O) groups is 6. The molecule has 0 radical (unpaired) electrons. The summed E-state index contributed by atoms with van der Waals surface area (Å²) in [5.74, 6) is -1.70. The van der Waals surface area contributed by atoms with Gasteiger partial charge in [0, 0.05) is 0 Å². The number of carbonyl (C=O) groups excluding carboxylic acids is 6. The Morgan fingerprint density at radius 2 is 1.18 bits per heavy atom. The van der Waals surface area contributed by atoms with Crippen molar-refractivity contribution in [2.24, 2.45) is 0 Å². The molecule has 0 aromatic rings. The molecule has 0 bridgehead atoms. The quantitative estimate of drug-likeness (QED) is 0.110. The predicted molar refractivity (Wildman–Crippen MR) is 80.7 cm³/mol. The van der Waals surface area contributed by atoms with Crippen LogP contribution in [0.2, 0.25) is 0 Å². The second kappa shape index (κ2) is 9.77. The Morgan fingerprint density at radius 3 is 1.50 bits per heavy atom. The minimum absolute atomic E-state index is 0. The van der Waals surface area contributed by atoms with Gasteiger partial charge in [0.2, 0.25) is 0 Å². The Kier molecular flexibility index (Phi) is 8.03. The molecular formula is C11H16N8O8Zn+2. The minimum atomic E-state index is -1.43. The number of imide groups is 2. The van der Waals surface area contributed by atoms with Gasteiger partial charge in [0.25, 0.3) is 11.8 Å². The van der Waals surface area contributed by atoms with E-state index in [2.05, 4.69) is 21.3 Å². The maximum atomic E-state index is 11.7. The molecule has 0 aromatic carbocycles. The van der Waals surface area contributed by atoms with Crippen LogP contribution in [0, 0.1) is 0 Å². The Morgan fingerprint density at radius 1 is 0.821 bits per heavy atom. The summed E-state index contributed by atoms with van der Waals surface area (Å²) in [6, 6.07) is -3.67. The van der Waals surface area contributed by atoms with E-state index in [4.69, 9.17) is 10.2 Å². The van der Waals surface area contributed by atoms with Crippen molar-refractivity contribution in [2.75, 3.05) is 20.1 Å². The van der Waals surface area contributed by atoms with Crippen molar-refractivity contribution in [1.82, 2.24) is 41.7 Å². The second-order valence-corrected chi connectivity index (χ2v) is 5.09. The Labute approximate surface area is 169 Å². The summed E-state index contributed by atoms with van der Waals surface area (Å²) in [6.45, 7) is -2.08. The van der Waals surface area contributed by atoms with Crippen molar-refractivity contribution in [2.45, 2.75) is 12.3 Å². The SMILES string of the molecule is O=C(NCNC(=O)NC1C(=O)NC(=O)N1CO)NC1C(=O)NC(=O)N1CO.[Zn+2]. The minimum Gasteiger partial charge on any atom is -0.376 e. The number of rotatable bonds is 6. The standard InChI is InChI=1S/C11H16N8O8.Zn/c20-2-18-4(6(22)16-10(18)26)14-8(24)12-1-13-9(25)15-5-7(23)17-11(27)19(5)3-21;/h4-5,20-21H,1-3H2,(H2,12,14,24)(H2,13,15,25)(H,16,22,26)(H,17,23,27);/q;+2. The number of hydrogen-bond acceptors (Lipinski definition) is 8. The molecule has 2 atom stereocenters. The maximum absolute atomic E-state index is 11.7. The molecule has 28 heavy (non-hydrogen) atoms. The number of amides is 10. The van der Waals surface area contributed by atoms with E-state index in [1.807, 2.05) is 10.6 Å². The average Bonchev–Trinajstić information content (AvgIpc) is 3.02. The third kappa shape index (κ3) is 5.02. The summed E-state index contributed by atoms with van der Waals surface area (Å²) in [7, 11) is 0. The Hall–Kier alpha value is -3.04. The summed E-state index contributed by atoms with van der Waals surface area (Å²) < 4.78 is 0. The second-order valence-electron chi connectivity index (χ2n) is 5.09. The monoisotopic (exact) mass is 452 g/mol. The van der Waals surface area contributed by atoms with Crippen molar-refractivity contribution in [1.29, 1.82) is 0 Å². The van der Waals surface area contributed by atoms with Gasteiger partial charge >= 0.3 is 43.6 Å². The number of aliphatic hydroxyl groups excluding tert-OH is 2. The topological polar surface area (TPSA) is 222 Å². The normalized spacial score (nSPS) is 20.9. The van der Waals surface area contributed by atoms with E-state index in [1.165, 1.54) is 0 Å². The molecule has 0 saturated carbocycles. The zero-order chi connectivity index (χ0) is 20.1. The molecule has 2 rings (SSSR count). The first kappa shape index (κ1) is 23.0. The van der Waals surface area contributed by atoms with E-state index in [9.17, 15) is 28.8 Å². The van der Waals surface area contributed by atoms with Crippen LogP contribution < -0.4 is 31.9 Å². The number of nitrogens with zero attached hydrogens (tertiary/aromatic N) is 2. The Bertz CT molecular complexity index is 634. The smallest absolute Gasteiger partial charge is 0.376 e. The number of aliphatic hydroxyl groups is 2. The zero-order valence-electron chi connectivity index (χ0n) is 14.2. The summed E-state index contributed by atoms with van der Waals surface area (Å²) in [4.78, 5) is 70.2. The van der Waals surface area contributed by atoms with Gasteiger partial charge in [-0.2, -0.15) is 0 Å². The number of hydrogen-bond donors (Lipinski definition) is 8. The van der Waals surface area contributed by atoms with Crippen LogP contribution in [0.4, 0.5) is 19.2 Å². The number of urea groups is 4. The first-order valence-electron chi connectivity index (χ1n) is 7.32. The average molecular weight is 454 g/mol. The van der Waals surface area contributed by atoms with Crippen LogP contribution in [0.3, 0.4) is 0 Å². The first-order chi connectivity index (χ1) is 12.8. The third-order valence-corrected chi connectivity index (χ3v) is 3.44. The van der Waals surface area contributed by atoms with Gasteiger partial charge < -0.3 is 31.5 Å². The molecule has 2 unspecified atom stereocenters. The molecule has 2 aliphatic heterocycles. The third-order valence-electron chi connectivity index (χ3n) is 3.44. The molecule has 2 saturated heterocycles. The van der Waals surface area contributed by atoms with Gasteiger partial charge in [0.1, 0.15) is 13.5 Å². The molecule has 16 nitrogen and oxygen atoms in total. The van der Waals surface area contributed by atoms with Crippen molar-refractivity contribution < 1.29 is 58.5 Å². The van der Waals surface area contributed by atoms with Gasteiger partial charge in [-0.25, -0.2) is 19.2 Å². The molecule has 8 N–H and O–H groups in total. The Balaban J connectivity index is 0.00000392. The van der Waals surface area contributed by atoms with Crippen molar-refractivity contribution in [3.05, 3.63) is 0 Å². The molecule has 0 aromatic heterocycles. The van der Waals surface area contributed by atoms with Crippen LogP contribution in [0.25, 0.3) is 0 Å². The van der Waals surface area contributed by atoms with E-state index in [1.54, 1.807) is 0 Å². The van der Waals surface area contributed by atoms with Gasteiger partial charge in [-0.3, -0.25) is 30.0 Å². The zero-order valence-corrected chi connectivity index (χ0v) is 17.2. The molecule has 2 fully saturated rings. The van der Waals surface area contributed by atoms with E-state index in [0.717, 1.165) is 0 Å². The molecule has 2 heterocycles. The van der Waals surface area contributed by atoms with Crippen LogP contribution in [0.5, 0.6) is 0 Å². The summed E-state index contributed by atoms with van der Waals surface area (Å²) in [5, 5.41) is 30.2. The number of nitrogens with one attached hydrogen (secondary N) is 6. The fraction of sp³-hybridized carbons (Fsp3) is 0.455. The predicted octanol–water partition coefficient (Wildman–Crippen LogP) is -4.80. The van der Waals surface area contributed by atoms with Crippen molar-refractivity contribution in [3.63, 3.8) is 0 Å². The van der Waals surface area contributed by atoms with Gasteiger partial charge in [0.15, 0.2) is 12.3 Å². The molecule has 0 spiro atoms.